The molecule has 190 valence electrons. The van der Waals surface area contributed by atoms with Crippen LogP contribution in [0.25, 0.3) is 0 Å². The number of hydrogen-bond donors (Lipinski definition) is 1. The molecule has 5 heteroatoms. The summed E-state index contributed by atoms with van der Waals surface area (Å²) in [4.78, 5) is 24.9. The van der Waals surface area contributed by atoms with Gasteiger partial charge in [-0.05, 0) is 59.2 Å². The lowest BCUT2D eigenvalue weighted by Crippen LogP contribution is -2.20. The Kier molecular flexibility index (Phi) is 22.3. The second kappa shape index (κ2) is 23.1. The molecule has 0 spiro atoms. The van der Waals surface area contributed by atoms with Gasteiger partial charge in [-0.1, -0.05) is 84.0 Å². The number of carbonyl (C=O) groups excluding carboxylic acids is 1. The number of esters is 1. The molecule has 0 aliphatic heterocycles. The van der Waals surface area contributed by atoms with Gasteiger partial charge in [0.2, 0.25) is 0 Å². The van der Waals surface area contributed by atoms with Crippen molar-refractivity contribution in [2.75, 3.05) is 20.6 Å². The molecule has 0 aromatic heterocycles. The van der Waals surface area contributed by atoms with Gasteiger partial charge in [-0.2, -0.15) is 0 Å². The maximum Gasteiger partial charge on any atom is 0.306 e. The molecule has 0 saturated carbocycles. The molecule has 1 atom stereocenters. The quantitative estimate of drug-likeness (QED) is 0.122. The monoisotopic (exact) mass is 455 g/mol. The molecule has 0 saturated heterocycles. The maximum atomic E-state index is 12.3. The van der Waals surface area contributed by atoms with Gasteiger partial charge in [0, 0.05) is 12.8 Å². The lowest BCUT2D eigenvalue weighted by molar-refractivity contribution is -0.150. The van der Waals surface area contributed by atoms with E-state index in [0.717, 1.165) is 57.9 Å². The maximum absolute atomic E-state index is 12.3. The normalized spacial score (nSPS) is 12.2. The Morgan fingerprint density at radius 2 is 1.16 bits per heavy atom. The average molecular weight is 456 g/mol. The van der Waals surface area contributed by atoms with E-state index in [1.54, 1.807) is 0 Å². The fourth-order valence-electron chi connectivity index (χ4n) is 4.08. The van der Waals surface area contributed by atoms with Crippen molar-refractivity contribution < 1.29 is 19.4 Å². The van der Waals surface area contributed by atoms with Crippen LogP contribution in [0, 0.1) is 0 Å². The summed E-state index contributed by atoms with van der Waals surface area (Å²) in [5, 5.41) is 8.66. The molecule has 0 aromatic carbocycles. The Labute approximate surface area is 198 Å². The minimum Gasteiger partial charge on any atom is -0.481 e. The van der Waals surface area contributed by atoms with E-state index in [1.807, 2.05) is 14.1 Å². The SMILES string of the molecule is CCCCCCCCCC(CCCCCCCCCCC(=O)O)OC(=O)CCCN(C)C. The van der Waals surface area contributed by atoms with Crippen LogP contribution in [0.5, 0.6) is 0 Å². The molecule has 1 unspecified atom stereocenters. The van der Waals surface area contributed by atoms with Gasteiger partial charge in [0.05, 0.1) is 0 Å². The van der Waals surface area contributed by atoms with Crippen LogP contribution in [0.2, 0.25) is 0 Å². The predicted octanol–water partition coefficient (Wildman–Crippen LogP) is 7.37. The van der Waals surface area contributed by atoms with Crippen LogP contribution < -0.4 is 0 Å². The second-order valence-corrected chi connectivity index (χ2v) is 9.69. The first-order valence-electron chi connectivity index (χ1n) is 13.5. The number of rotatable bonds is 24. The van der Waals surface area contributed by atoms with Crippen LogP contribution in [0.4, 0.5) is 0 Å². The van der Waals surface area contributed by atoms with Crippen molar-refractivity contribution in [3.05, 3.63) is 0 Å². The number of nitrogens with zero attached hydrogens (tertiary/aromatic N) is 1. The molecule has 32 heavy (non-hydrogen) atoms. The molecule has 0 aliphatic rings. The van der Waals surface area contributed by atoms with E-state index < -0.39 is 5.97 Å². The van der Waals surface area contributed by atoms with E-state index in [1.165, 1.54) is 64.2 Å². The van der Waals surface area contributed by atoms with Crippen molar-refractivity contribution in [2.45, 2.75) is 141 Å². The van der Waals surface area contributed by atoms with Gasteiger partial charge in [-0.25, -0.2) is 0 Å². The van der Waals surface area contributed by atoms with Crippen LogP contribution >= 0.6 is 0 Å². The zero-order chi connectivity index (χ0) is 23.9. The van der Waals surface area contributed by atoms with E-state index in [-0.39, 0.29) is 12.1 Å². The van der Waals surface area contributed by atoms with E-state index in [2.05, 4.69) is 11.8 Å². The van der Waals surface area contributed by atoms with Crippen LogP contribution in [0.15, 0.2) is 0 Å². The molecule has 0 fully saturated rings. The highest BCUT2D eigenvalue weighted by atomic mass is 16.5. The minimum atomic E-state index is -0.686. The molecule has 0 rings (SSSR count). The molecular formula is C27H53NO4. The van der Waals surface area contributed by atoms with E-state index in [0.29, 0.717) is 12.8 Å². The highest BCUT2D eigenvalue weighted by Crippen LogP contribution is 2.18. The standard InChI is InChI=1S/C27H53NO4/c1-4-5-6-7-10-13-16-20-25(32-27(31)23-19-24-28(2)3)21-17-14-11-8-9-12-15-18-22-26(29)30/h25H,4-24H2,1-3H3,(H,29,30). The van der Waals surface area contributed by atoms with Gasteiger partial charge in [0.25, 0.3) is 0 Å². The first-order valence-corrected chi connectivity index (χ1v) is 13.5. The zero-order valence-electron chi connectivity index (χ0n) is 21.5. The van der Waals surface area contributed by atoms with Gasteiger partial charge in [-0.3, -0.25) is 9.59 Å². The number of hydrogen-bond acceptors (Lipinski definition) is 4. The molecule has 0 bridgehead atoms. The molecule has 0 aromatic rings. The summed E-state index contributed by atoms with van der Waals surface area (Å²) in [6.07, 6.45) is 21.7. The Bertz CT molecular complexity index is 439. The number of unbranched alkanes of at least 4 members (excludes halogenated alkanes) is 13. The van der Waals surface area contributed by atoms with E-state index in [9.17, 15) is 9.59 Å². The molecular weight excluding hydrogens is 402 g/mol. The van der Waals surface area contributed by atoms with Crippen molar-refractivity contribution in [1.29, 1.82) is 0 Å². The van der Waals surface area contributed by atoms with Gasteiger partial charge >= 0.3 is 11.9 Å². The van der Waals surface area contributed by atoms with Crippen molar-refractivity contribution >= 4 is 11.9 Å². The van der Waals surface area contributed by atoms with Crippen molar-refractivity contribution in [3.8, 4) is 0 Å². The molecule has 1 N–H and O–H groups in total. The average Bonchev–Trinajstić information content (AvgIpc) is 2.73. The van der Waals surface area contributed by atoms with Crippen molar-refractivity contribution in [3.63, 3.8) is 0 Å². The number of aliphatic carboxylic acids is 1. The third-order valence-electron chi connectivity index (χ3n) is 6.08. The van der Waals surface area contributed by atoms with Crippen LogP contribution in [0.3, 0.4) is 0 Å². The van der Waals surface area contributed by atoms with Gasteiger partial charge in [0.15, 0.2) is 0 Å². The molecule has 0 heterocycles. The van der Waals surface area contributed by atoms with Gasteiger partial charge in [-0.15, -0.1) is 0 Å². The topological polar surface area (TPSA) is 66.8 Å². The summed E-state index contributed by atoms with van der Waals surface area (Å²) in [6, 6.07) is 0. The summed E-state index contributed by atoms with van der Waals surface area (Å²) in [5.74, 6) is -0.712. The third-order valence-corrected chi connectivity index (χ3v) is 6.08. The Morgan fingerprint density at radius 1 is 0.688 bits per heavy atom. The lowest BCUT2D eigenvalue weighted by Gasteiger charge is -2.18. The number of carbonyl (C=O) groups is 2. The summed E-state index contributed by atoms with van der Waals surface area (Å²) < 4.78 is 5.86. The Balaban J connectivity index is 3.99. The number of ether oxygens (including phenoxy) is 1. The minimum absolute atomic E-state index is 0.0267. The third kappa shape index (κ3) is 23.6. The van der Waals surface area contributed by atoms with Crippen molar-refractivity contribution in [1.82, 2.24) is 4.90 Å². The summed E-state index contributed by atoms with van der Waals surface area (Å²) in [6.45, 7) is 3.17. The van der Waals surface area contributed by atoms with Crippen molar-refractivity contribution in [2.24, 2.45) is 0 Å². The van der Waals surface area contributed by atoms with Crippen LogP contribution in [-0.2, 0) is 14.3 Å². The van der Waals surface area contributed by atoms with E-state index in [4.69, 9.17) is 9.84 Å². The lowest BCUT2D eigenvalue weighted by atomic mass is 10.0. The van der Waals surface area contributed by atoms with Gasteiger partial charge < -0.3 is 14.7 Å². The fourth-order valence-corrected chi connectivity index (χ4v) is 4.08. The van der Waals surface area contributed by atoms with Gasteiger partial charge in [0.1, 0.15) is 6.10 Å². The number of carboxylic acids is 1. The largest absolute Gasteiger partial charge is 0.481 e. The second-order valence-electron chi connectivity index (χ2n) is 9.69. The number of carboxylic acid groups (broad SMARTS) is 1. The molecule has 0 amide bonds. The van der Waals surface area contributed by atoms with E-state index >= 15 is 0 Å². The highest BCUT2D eigenvalue weighted by Gasteiger charge is 2.14. The highest BCUT2D eigenvalue weighted by molar-refractivity contribution is 5.69. The smallest absolute Gasteiger partial charge is 0.306 e. The molecule has 5 nitrogen and oxygen atoms in total. The summed E-state index contributed by atoms with van der Waals surface area (Å²) in [7, 11) is 4.06. The first-order chi connectivity index (χ1) is 15.5. The summed E-state index contributed by atoms with van der Waals surface area (Å²) in [5.41, 5.74) is 0. The van der Waals surface area contributed by atoms with Crippen LogP contribution in [0.1, 0.15) is 135 Å². The fraction of sp³-hybridized carbons (Fsp3) is 0.926. The Hall–Kier alpha value is -1.10. The predicted molar refractivity (Wildman–Crippen MR) is 134 cm³/mol. The Morgan fingerprint density at radius 3 is 1.62 bits per heavy atom. The van der Waals surface area contributed by atoms with Crippen LogP contribution in [-0.4, -0.2) is 48.7 Å². The summed E-state index contributed by atoms with van der Waals surface area (Å²) >= 11 is 0. The molecule has 0 radical (unpaired) electrons. The molecule has 0 aliphatic carbocycles. The zero-order valence-corrected chi connectivity index (χ0v) is 21.5. The first kappa shape index (κ1) is 30.9.